The topological polar surface area (TPSA) is 0 Å². The van der Waals surface area contributed by atoms with Crippen LogP contribution in [0.4, 0.5) is 0 Å². The predicted octanol–water partition coefficient (Wildman–Crippen LogP) is 4.05. The van der Waals surface area contributed by atoms with Crippen molar-refractivity contribution in [2.45, 2.75) is 27.2 Å². The first-order chi connectivity index (χ1) is 6.20. The predicted molar refractivity (Wildman–Crippen MR) is 59.7 cm³/mol. The third kappa shape index (κ3) is 3.45. The first kappa shape index (κ1) is 10.0. The lowest BCUT2D eigenvalue weighted by Crippen LogP contribution is -1.82. The van der Waals surface area contributed by atoms with Gasteiger partial charge in [0, 0.05) is 0 Å². The Labute approximate surface area is 81.3 Å². The molecule has 0 bridgehead atoms. The summed E-state index contributed by atoms with van der Waals surface area (Å²) in [5, 5.41) is 0. The van der Waals surface area contributed by atoms with Crippen LogP contribution in [0.5, 0.6) is 0 Å². The van der Waals surface area contributed by atoms with Crippen molar-refractivity contribution < 1.29 is 0 Å². The lowest BCUT2D eigenvalue weighted by molar-refractivity contribution is 0.665. The smallest absolute Gasteiger partial charge is 0.0231 e. The van der Waals surface area contributed by atoms with Gasteiger partial charge in [0.15, 0.2) is 0 Å². The second-order valence-electron chi connectivity index (χ2n) is 3.89. The van der Waals surface area contributed by atoms with E-state index in [9.17, 15) is 0 Å². The van der Waals surface area contributed by atoms with Gasteiger partial charge in [0.05, 0.1) is 0 Å². The minimum Gasteiger partial charge on any atom is -0.0837 e. The molecule has 0 atom stereocenters. The molecule has 1 rings (SSSR count). The minimum absolute atomic E-state index is 0.750. The van der Waals surface area contributed by atoms with Crippen molar-refractivity contribution in [2.24, 2.45) is 5.92 Å². The van der Waals surface area contributed by atoms with Crippen molar-refractivity contribution in [1.82, 2.24) is 0 Å². The highest BCUT2D eigenvalue weighted by Gasteiger charge is 1.91. The Morgan fingerprint density at radius 3 is 2.54 bits per heavy atom. The maximum Gasteiger partial charge on any atom is -0.0231 e. The van der Waals surface area contributed by atoms with Crippen molar-refractivity contribution >= 4 is 6.08 Å². The first-order valence-corrected chi connectivity index (χ1v) is 4.92. The molecule has 0 fully saturated rings. The van der Waals surface area contributed by atoms with Gasteiger partial charge in [-0.25, -0.2) is 0 Å². The average molecular weight is 174 g/mol. The van der Waals surface area contributed by atoms with Crippen molar-refractivity contribution in [3.05, 3.63) is 41.5 Å². The molecule has 0 spiro atoms. The Morgan fingerprint density at radius 2 is 1.92 bits per heavy atom. The molecule has 0 saturated heterocycles. The summed E-state index contributed by atoms with van der Waals surface area (Å²) in [7, 11) is 0. The zero-order valence-electron chi connectivity index (χ0n) is 8.75. The molecule has 0 aliphatic rings. The molecule has 0 aliphatic heterocycles. The van der Waals surface area contributed by atoms with E-state index in [2.05, 4.69) is 57.2 Å². The molecule has 13 heavy (non-hydrogen) atoms. The molecule has 0 aromatic heterocycles. The molecule has 0 saturated carbocycles. The summed E-state index contributed by atoms with van der Waals surface area (Å²) < 4.78 is 0. The highest BCUT2D eigenvalue weighted by Crippen LogP contribution is 2.10. The molecular weight excluding hydrogens is 156 g/mol. The fourth-order valence-electron chi connectivity index (χ4n) is 1.24. The number of aryl methyl sites for hydroxylation is 1. The number of rotatable bonds is 3. The number of benzene rings is 1. The Morgan fingerprint density at radius 1 is 1.23 bits per heavy atom. The van der Waals surface area contributed by atoms with Crippen LogP contribution in [0.25, 0.3) is 6.08 Å². The summed E-state index contributed by atoms with van der Waals surface area (Å²) in [6.45, 7) is 6.62. The van der Waals surface area contributed by atoms with Crippen LogP contribution in [-0.2, 0) is 0 Å². The summed E-state index contributed by atoms with van der Waals surface area (Å²) in [5.74, 6) is 0.750. The van der Waals surface area contributed by atoms with Crippen molar-refractivity contribution in [3.8, 4) is 0 Å². The monoisotopic (exact) mass is 174 g/mol. The molecule has 1 aromatic carbocycles. The van der Waals surface area contributed by atoms with Gasteiger partial charge in [0.2, 0.25) is 0 Å². The van der Waals surface area contributed by atoms with E-state index in [4.69, 9.17) is 0 Å². The molecule has 0 radical (unpaired) electrons. The molecule has 0 aliphatic carbocycles. The number of hydrogen-bond donors (Lipinski definition) is 0. The standard InChI is InChI=1S/C13H18/c1-11(2)7-6-10-13-9-5-4-8-12(13)3/h4-6,8-11H,7H2,1-3H3/b10-6-. The Bertz CT molecular complexity index is 282. The molecule has 0 N–H and O–H groups in total. The second-order valence-corrected chi connectivity index (χ2v) is 3.89. The molecule has 0 heterocycles. The van der Waals surface area contributed by atoms with E-state index in [1.165, 1.54) is 11.1 Å². The lowest BCUT2D eigenvalue weighted by atomic mass is 10.1. The normalized spacial score (nSPS) is 11.4. The first-order valence-electron chi connectivity index (χ1n) is 4.92. The molecule has 0 unspecified atom stereocenters. The fourth-order valence-corrected chi connectivity index (χ4v) is 1.24. The van der Waals surface area contributed by atoms with Crippen LogP contribution in [0.3, 0.4) is 0 Å². The molecule has 1 aromatic rings. The van der Waals surface area contributed by atoms with Crippen LogP contribution in [0.2, 0.25) is 0 Å². The highest BCUT2D eigenvalue weighted by molar-refractivity contribution is 5.53. The molecular formula is C13H18. The van der Waals surface area contributed by atoms with Gasteiger partial charge in [0.1, 0.15) is 0 Å². The third-order valence-electron chi connectivity index (χ3n) is 2.09. The van der Waals surface area contributed by atoms with Crippen LogP contribution >= 0.6 is 0 Å². The van der Waals surface area contributed by atoms with Crippen LogP contribution in [0, 0.1) is 12.8 Å². The van der Waals surface area contributed by atoms with E-state index >= 15 is 0 Å². The van der Waals surface area contributed by atoms with Crippen molar-refractivity contribution in [3.63, 3.8) is 0 Å². The van der Waals surface area contributed by atoms with Gasteiger partial charge in [-0.1, -0.05) is 50.3 Å². The van der Waals surface area contributed by atoms with E-state index in [1.807, 2.05) is 0 Å². The molecule has 0 nitrogen and oxygen atoms in total. The SMILES string of the molecule is Cc1ccccc1/C=C\CC(C)C. The fraction of sp³-hybridized carbons (Fsp3) is 0.385. The van der Waals surface area contributed by atoms with Crippen LogP contribution < -0.4 is 0 Å². The molecule has 0 heteroatoms. The number of hydrogen-bond acceptors (Lipinski definition) is 0. The molecule has 70 valence electrons. The minimum atomic E-state index is 0.750. The van der Waals surface area contributed by atoms with Gasteiger partial charge >= 0.3 is 0 Å². The highest BCUT2D eigenvalue weighted by atomic mass is 14.0. The second kappa shape index (κ2) is 4.86. The quantitative estimate of drug-likeness (QED) is 0.648. The van der Waals surface area contributed by atoms with Crippen LogP contribution in [-0.4, -0.2) is 0 Å². The van der Waals surface area contributed by atoms with E-state index < -0.39 is 0 Å². The Hall–Kier alpha value is -1.04. The summed E-state index contributed by atoms with van der Waals surface area (Å²) in [4.78, 5) is 0. The van der Waals surface area contributed by atoms with E-state index in [0.29, 0.717) is 0 Å². The summed E-state index contributed by atoms with van der Waals surface area (Å²) in [6, 6.07) is 8.47. The van der Waals surface area contributed by atoms with Crippen LogP contribution in [0.15, 0.2) is 30.3 Å². The van der Waals surface area contributed by atoms with Crippen molar-refractivity contribution in [2.75, 3.05) is 0 Å². The number of allylic oxidation sites excluding steroid dienone is 1. The summed E-state index contributed by atoms with van der Waals surface area (Å²) in [5.41, 5.74) is 2.69. The van der Waals surface area contributed by atoms with Gasteiger partial charge in [-0.15, -0.1) is 0 Å². The van der Waals surface area contributed by atoms with Gasteiger partial charge in [0.25, 0.3) is 0 Å². The van der Waals surface area contributed by atoms with E-state index in [1.54, 1.807) is 0 Å². The third-order valence-corrected chi connectivity index (χ3v) is 2.09. The van der Waals surface area contributed by atoms with Gasteiger partial charge in [-0.3, -0.25) is 0 Å². The van der Waals surface area contributed by atoms with E-state index in [0.717, 1.165) is 12.3 Å². The zero-order chi connectivity index (χ0) is 9.68. The average Bonchev–Trinajstić information content (AvgIpc) is 2.08. The maximum absolute atomic E-state index is 2.26. The van der Waals surface area contributed by atoms with Gasteiger partial charge in [-0.05, 0) is 30.4 Å². The molecule has 0 amide bonds. The maximum atomic E-state index is 2.26. The van der Waals surface area contributed by atoms with E-state index in [-0.39, 0.29) is 0 Å². The lowest BCUT2D eigenvalue weighted by Gasteiger charge is -2.00. The summed E-state index contributed by atoms with van der Waals surface area (Å²) in [6.07, 6.45) is 5.64. The zero-order valence-corrected chi connectivity index (χ0v) is 8.75. The largest absolute Gasteiger partial charge is 0.0837 e. The Kier molecular flexibility index (Phi) is 3.75. The Balaban J connectivity index is 2.63. The van der Waals surface area contributed by atoms with Gasteiger partial charge in [-0.2, -0.15) is 0 Å². The van der Waals surface area contributed by atoms with Crippen LogP contribution in [0.1, 0.15) is 31.4 Å². The summed E-state index contributed by atoms with van der Waals surface area (Å²) >= 11 is 0. The van der Waals surface area contributed by atoms with Crippen molar-refractivity contribution in [1.29, 1.82) is 0 Å². The van der Waals surface area contributed by atoms with Gasteiger partial charge < -0.3 is 0 Å².